The minimum absolute atomic E-state index is 0.731. The van der Waals surface area contributed by atoms with Crippen LogP contribution in [0, 0.1) is 0 Å². The number of aromatic nitrogens is 2. The van der Waals surface area contributed by atoms with Gasteiger partial charge in [0, 0.05) is 18.0 Å². The smallest absolute Gasteiger partial charge is 0.159 e. The van der Waals surface area contributed by atoms with Crippen LogP contribution in [0.4, 0.5) is 0 Å². The first kappa shape index (κ1) is 22.6. The topological polar surface area (TPSA) is 25.8 Å². The average molecular weight is 509 g/mol. The molecule has 40 heavy (non-hydrogen) atoms. The standard InChI is InChI=1S/C38H24N2/c1-2-11-25(12-3-1)36-31-17-8-9-18-32(31)37(33-20-19-27(24-35(33)36)38-39-21-10-22-40-38)34-23-26-13-4-5-14-28(26)29-15-6-7-16-30(29)34/h1-24H. The highest BCUT2D eigenvalue weighted by Crippen LogP contribution is 2.47. The molecule has 0 bridgehead atoms. The highest BCUT2D eigenvalue weighted by Gasteiger charge is 2.19. The van der Waals surface area contributed by atoms with E-state index in [1.165, 1.54) is 65.3 Å². The number of benzene rings is 7. The number of fused-ring (bicyclic) bond motifs is 5. The fourth-order valence-electron chi connectivity index (χ4n) is 6.23. The Kier molecular flexibility index (Phi) is 5.17. The molecule has 0 atom stereocenters. The van der Waals surface area contributed by atoms with Gasteiger partial charge in [-0.05, 0) is 83.5 Å². The summed E-state index contributed by atoms with van der Waals surface area (Å²) in [5.41, 5.74) is 5.95. The van der Waals surface area contributed by atoms with E-state index >= 15 is 0 Å². The van der Waals surface area contributed by atoms with E-state index in [4.69, 9.17) is 0 Å². The van der Waals surface area contributed by atoms with Gasteiger partial charge in [-0.3, -0.25) is 0 Å². The lowest BCUT2D eigenvalue weighted by atomic mass is 9.83. The van der Waals surface area contributed by atoms with Crippen molar-refractivity contribution in [2.24, 2.45) is 0 Å². The third kappa shape index (κ3) is 3.50. The predicted octanol–water partition coefficient (Wildman–Crippen LogP) is 10.1. The van der Waals surface area contributed by atoms with Crippen molar-refractivity contribution in [3.8, 4) is 33.6 Å². The molecule has 8 aromatic rings. The summed E-state index contributed by atoms with van der Waals surface area (Å²) in [7, 11) is 0. The molecular formula is C38H24N2. The van der Waals surface area contributed by atoms with Crippen LogP contribution >= 0.6 is 0 Å². The molecule has 0 unspecified atom stereocenters. The fraction of sp³-hybridized carbons (Fsp3) is 0. The number of hydrogen-bond acceptors (Lipinski definition) is 2. The Morgan fingerprint density at radius 2 is 0.950 bits per heavy atom. The fourth-order valence-corrected chi connectivity index (χ4v) is 6.23. The SMILES string of the molecule is c1ccc(-c2c3ccccc3c(-c3cc4ccccc4c4ccccc34)c3ccc(-c4ncccn4)cc23)cc1. The summed E-state index contributed by atoms with van der Waals surface area (Å²) < 4.78 is 0. The van der Waals surface area contributed by atoms with Crippen molar-refractivity contribution >= 4 is 43.1 Å². The Morgan fingerprint density at radius 1 is 0.350 bits per heavy atom. The Bertz CT molecular complexity index is 2200. The van der Waals surface area contributed by atoms with Gasteiger partial charge < -0.3 is 0 Å². The molecule has 0 radical (unpaired) electrons. The van der Waals surface area contributed by atoms with Crippen molar-refractivity contribution in [2.45, 2.75) is 0 Å². The van der Waals surface area contributed by atoms with E-state index in [0.29, 0.717) is 0 Å². The van der Waals surface area contributed by atoms with Crippen LogP contribution in [0.25, 0.3) is 76.7 Å². The van der Waals surface area contributed by atoms with Crippen molar-refractivity contribution in [1.82, 2.24) is 9.97 Å². The van der Waals surface area contributed by atoms with Crippen LogP contribution in [-0.4, -0.2) is 9.97 Å². The van der Waals surface area contributed by atoms with Crippen LogP contribution in [0.15, 0.2) is 146 Å². The number of hydrogen-bond donors (Lipinski definition) is 0. The van der Waals surface area contributed by atoms with Gasteiger partial charge in [0.05, 0.1) is 0 Å². The summed E-state index contributed by atoms with van der Waals surface area (Å²) in [6.07, 6.45) is 3.61. The summed E-state index contributed by atoms with van der Waals surface area (Å²) in [6.45, 7) is 0. The highest BCUT2D eigenvalue weighted by atomic mass is 14.8. The molecule has 186 valence electrons. The molecule has 2 nitrogen and oxygen atoms in total. The molecule has 0 amide bonds. The largest absolute Gasteiger partial charge is 0.237 e. The van der Waals surface area contributed by atoms with Gasteiger partial charge in [0.2, 0.25) is 0 Å². The third-order valence-electron chi connectivity index (χ3n) is 7.95. The van der Waals surface area contributed by atoms with Crippen LogP contribution in [0.3, 0.4) is 0 Å². The summed E-state index contributed by atoms with van der Waals surface area (Å²) in [5.74, 6) is 0.731. The molecule has 0 aliphatic heterocycles. The minimum Gasteiger partial charge on any atom is -0.237 e. The summed E-state index contributed by atoms with van der Waals surface area (Å²) in [5, 5.41) is 9.96. The lowest BCUT2D eigenvalue weighted by Gasteiger charge is -2.20. The molecule has 0 saturated heterocycles. The second-order valence-corrected chi connectivity index (χ2v) is 10.2. The Morgan fingerprint density at radius 3 is 1.73 bits per heavy atom. The molecular weight excluding hydrogens is 484 g/mol. The van der Waals surface area contributed by atoms with E-state index in [1.54, 1.807) is 12.4 Å². The number of nitrogens with zero attached hydrogens (tertiary/aromatic N) is 2. The zero-order valence-electron chi connectivity index (χ0n) is 21.8. The Hall–Kier alpha value is -5.34. The maximum absolute atomic E-state index is 4.57. The quantitative estimate of drug-likeness (QED) is 0.175. The second kappa shape index (κ2) is 9.14. The predicted molar refractivity (Wildman–Crippen MR) is 168 cm³/mol. The lowest BCUT2D eigenvalue weighted by Crippen LogP contribution is -1.94. The van der Waals surface area contributed by atoms with Crippen molar-refractivity contribution in [1.29, 1.82) is 0 Å². The maximum atomic E-state index is 4.57. The van der Waals surface area contributed by atoms with E-state index in [1.807, 2.05) is 6.07 Å². The zero-order chi connectivity index (χ0) is 26.5. The first-order valence-electron chi connectivity index (χ1n) is 13.6. The summed E-state index contributed by atoms with van der Waals surface area (Å²) >= 11 is 0. The van der Waals surface area contributed by atoms with E-state index in [9.17, 15) is 0 Å². The van der Waals surface area contributed by atoms with E-state index in [0.717, 1.165) is 11.4 Å². The molecule has 1 heterocycles. The highest BCUT2D eigenvalue weighted by molar-refractivity contribution is 6.26. The molecule has 2 heteroatoms. The monoisotopic (exact) mass is 508 g/mol. The van der Waals surface area contributed by atoms with E-state index in [2.05, 4.69) is 137 Å². The van der Waals surface area contributed by atoms with Gasteiger partial charge in [0.25, 0.3) is 0 Å². The van der Waals surface area contributed by atoms with Gasteiger partial charge in [-0.25, -0.2) is 9.97 Å². The van der Waals surface area contributed by atoms with Gasteiger partial charge in [0.1, 0.15) is 0 Å². The van der Waals surface area contributed by atoms with Gasteiger partial charge in [0.15, 0.2) is 5.82 Å². The molecule has 0 aliphatic carbocycles. The molecule has 0 spiro atoms. The van der Waals surface area contributed by atoms with Crippen LogP contribution < -0.4 is 0 Å². The van der Waals surface area contributed by atoms with Crippen molar-refractivity contribution in [3.05, 3.63) is 146 Å². The van der Waals surface area contributed by atoms with Gasteiger partial charge >= 0.3 is 0 Å². The molecule has 8 rings (SSSR count). The summed E-state index contributed by atoms with van der Waals surface area (Å²) in [6, 6.07) is 48.0. The van der Waals surface area contributed by atoms with Crippen LogP contribution in [0.1, 0.15) is 0 Å². The van der Waals surface area contributed by atoms with Gasteiger partial charge in [-0.1, -0.05) is 115 Å². The van der Waals surface area contributed by atoms with Gasteiger partial charge in [-0.2, -0.15) is 0 Å². The average Bonchev–Trinajstić information content (AvgIpc) is 3.04. The van der Waals surface area contributed by atoms with E-state index in [-0.39, 0.29) is 0 Å². The Balaban J connectivity index is 1.58. The first-order chi connectivity index (χ1) is 19.9. The minimum atomic E-state index is 0.731. The normalized spacial score (nSPS) is 11.5. The van der Waals surface area contributed by atoms with Crippen molar-refractivity contribution < 1.29 is 0 Å². The zero-order valence-corrected chi connectivity index (χ0v) is 21.8. The molecule has 0 aliphatic rings. The summed E-state index contributed by atoms with van der Waals surface area (Å²) in [4.78, 5) is 9.13. The van der Waals surface area contributed by atoms with Crippen LogP contribution in [-0.2, 0) is 0 Å². The van der Waals surface area contributed by atoms with Crippen molar-refractivity contribution in [3.63, 3.8) is 0 Å². The lowest BCUT2D eigenvalue weighted by molar-refractivity contribution is 1.18. The number of rotatable bonds is 3. The maximum Gasteiger partial charge on any atom is 0.159 e. The molecule has 0 fully saturated rings. The Labute approximate surface area is 232 Å². The van der Waals surface area contributed by atoms with E-state index < -0.39 is 0 Å². The molecule has 7 aromatic carbocycles. The first-order valence-corrected chi connectivity index (χ1v) is 13.6. The van der Waals surface area contributed by atoms with Gasteiger partial charge in [-0.15, -0.1) is 0 Å². The van der Waals surface area contributed by atoms with Crippen LogP contribution in [0.2, 0.25) is 0 Å². The van der Waals surface area contributed by atoms with Crippen LogP contribution in [0.5, 0.6) is 0 Å². The molecule has 1 aromatic heterocycles. The second-order valence-electron chi connectivity index (χ2n) is 10.2. The molecule has 0 N–H and O–H groups in total. The van der Waals surface area contributed by atoms with Crippen molar-refractivity contribution in [2.75, 3.05) is 0 Å². The molecule has 0 saturated carbocycles. The third-order valence-corrected chi connectivity index (χ3v) is 7.95.